The number of benzene rings is 2. The monoisotopic (exact) mass is 392 g/mol. The first kappa shape index (κ1) is 20.2. The van der Waals surface area contributed by atoms with Gasteiger partial charge >= 0.3 is 11.9 Å². The SMILES string of the molecule is O=C1CCC(OC(C(=O)O)C(=O)O)C(=Cc2ccccc2)C1=Cc1ccccc1. The van der Waals surface area contributed by atoms with E-state index in [0.29, 0.717) is 11.1 Å². The van der Waals surface area contributed by atoms with Crippen LogP contribution in [-0.4, -0.2) is 40.1 Å². The zero-order valence-corrected chi connectivity index (χ0v) is 15.5. The van der Waals surface area contributed by atoms with Gasteiger partial charge in [0.05, 0.1) is 6.10 Å². The number of Topliss-reactive ketones (excluding diaryl/α,β-unsaturated/α-hetero) is 1. The quantitative estimate of drug-likeness (QED) is 0.577. The zero-order valence-electron chi connectivity index (χ0n) is 15.5. The molecule has 0 saturated heterocycles. The van der Waals surface area contributed by atoms with Gasteiger partial charge in [0.2, 0.25) is 0 Å². The molecule has 0 aromatic heterocycles. The maximum absolute atomic E-state index is 12.7. The molecule has 1 atom stereocenters. The fraction of sp³-hybridized carbons (Fsp3) is 0.174. The lowest BCUT2D eigenvalue weighted by atomic mass is 9.83. The van der Waals surface area contributed by atoms with E-state index in [2.05, 4.69) is 0 Å². The molecule has 2 N–H and O–H groups in total. The molecule has 6 nitrogen and oxygen atoms in total. The maximum atomic E-state index is 12.7. The second-order valence-electron chi connectivity index (χ2n) is 6.62. The molecule has 0 bridgehead atoms. The first-order valence-electron chi connectivity index (χ1n) is 9.13. The minimum Gasteiger partial charge on any atom is -0.479 e. The second kappa shape index (κ2) is 9.12. The van der Waals surface area contributed by atoms with Crippen LogP contribution in [0.15, 0.2) is 71.8 Å². The molecule has 1 aliphatic rings. The molecule has 2 aromatic rings. The molecule has 1 aliphatic carbocycles. The minimum atomic E-state index is -2.01. The zero-order chi connectivity index (χ0) is 20.8. The molecule has 0 radical (unpaired) electrons. The van der Waals surface area contributed by atoms with Crippen molar-refractivity contribution in [1.82, 2.24) is 0 Å². The van der Waals surface area contributed by atoms with Crippen molar-refractivity contribution in [3.63, 3.8) is 0 Å². The van der Waals surface area contributed by atoms with E-state index < -0.39 is 24.1 Å². The molecule has 2 aromatic carbocycles. The first-order chi connectivity index (χ1) is 14.0. The van der Waals surface area contributed by atoms with Crippen molar-refractivity contribution >= 4 is 29.9 Å². The number of ether oxygens (including phenoxy) is 1. The van der Waals surface area contributed by atoms with Gasteiger partial charge in [0.15, 0.2) is 5.78 Å². The minimum absolute atomic E-state index is 0.0990. The van der Waals surface area contributed by atoms with Crippen molar-refractivity contribution in [2.75, 3.05) is 0 Å². The van der Waals surface area contributed by atoms with Crippen molar-refractivity contribution in [2.45, 2.75) is 25.0 Å². The summed E-state index contributed by atoms with van der Waals surface area (Å²) in [7, 11) is 0. The Labute approximate surface area is 167 Å². The second-order valence-corrected chi connectivity index (χ2v) is 6.62. The Morgan fingerprint density at radius 1 is 0.897 bits per heavy atom. The molecule has 0 heterocycles. The molecule has 0 spiro atoms. The Bertz CT molecular complexity index is 945. The van der Waals surface area contributed by atoms with E-state index in [1.54, 1.807) is 12.2 Å². The van der Waals surface area contributed by atoms with Crippen molar-refractivity contribution in [3.8, 4) is 0 Å². The molecule has 148 valence electrons. The summed E-state index contributed by atoms with van der Waals surface area (Å²) in [5.41, 5.74) is 2.48. The molecular weight excluding hydrogens is 372 g/mol. The lowest BCUT2D eigenvalue weighted by molar-refractivity contribution is -0.169. The topological polar surface area (TPSA) is 101 Å². The lowest BCUT2D eigenvalue weighted by Crippen LogP contribution is -2.39. The average molecular weight is 392 g/mol. The van der Waals surface area contributed by atoms with Gasteiger partial charge in [-0.2, -0.15) is 0 Å². The van der Waals surface area contributed by atoms with Gasteiger partial charge < -0.3 is 14.9 Å². The van der Waals surface area contributed by atoms with Gasteiger partial charge in [-0.3, -0.25) is 4.79 Å². The molecule has 3 rings (SSSR count). The van der Waals surface area contributed by atoms with Crippen molar-refractivity contribution in [1.29, 1.82) is 0 Å². The van der Waals surface area contributed by atoms with Gasteiger partial charge in [-0.25, -0.2) is 9.59 Å². The molecule has 0 aliphatic heterocycles. The summed E-state index contributed by atoms with van der Waals surface area (Å²) in [5.74, 6) is -3.26. The number of ketones is 1. The van der Waals surface area contributed by atoms with Gasteiger partial charge in [0.1, 0.15) is 0 Å². The van der Waals surface area contributed by atoms with E-state index in [1.165, 1.54) is 0 Å². The van der Waals surface area contributed by atoms with Gasteiger partial charge in [-0.05, 0) is 35.3 Å². The summed E-state index contributed by atoms with van der Waals surface area (Å²) in [6.45, 7) is 0. The van der Waals surface area contributed by atoms with E-state index >= 15 is 0 Å². The smallest absolute Gasteiger partial charge is 0.344 e. The van der Waals surface area contributed by atoms with Crippen molar-refractivity contribution in [3.05, 3.63) is 82.9 Å². The van der Waals surface area contributed by atoms with E-state index in [-0.39, 0.29) is 18.6 Å². The number of carboxylic acids is 2. The first-order valence-corrected chi connectivity index (χ1v) is 9.13. The molecule has 0 amide bonds. The van der Waals surface area contributed by atoms with Gasteiger partial charge in [-0.15, -0.1) is 0 Å². The number of hydrogen-bond donors (Lipinski definition) is 2. The van der Waals surface area contributed by atoms with E-state index in [4.69, 9.17) is 4.74 Å². The van der Waals surface area contributed by atoms with Crippen LogP contribution < -0.4 is 0 Å². The van der Waals surface area contributed by atoms with Crippen LogP contribution in [0.5, 0.6) is 0 Å². The maximum Gasteiger partial charge on any atom is 0.344 e. The molecular formula is C23H20O6. The third-order valence-corrected chi connectivity index (χ3v) is 4.57. The highest BCUT2D eigenvalue weighted by molar-refractivity contribution is 6.06. The molecule has 29 heavy (non-hydrogen) atoms. The molecule has 1 saturated carbocycles. The summed E-state index contributed by atoms with van der Waals surface area (Å²) in [6, 6.07) is 18.5. The summed E-state index contributed by atoms with van der Waals surface area (Å²) in [6.07, 6.45) is 0.980. The number of carboxylic acid groups (broad SMARTS) is 2. The highest BCUT2D eigenvalue weighted by Crippen LogP contribution is 2.33. The Morgan fingerprint density at radius 3 is 1.93 bits per heavy atom. The summed E-state index contributed by atoms with van der Waals surface area (Å²) >= 11 is 0. The van der Waals surface area contributed by atoms with Crippen molar-refractivity contribution in [2.24, 2.45) is 0 Å². The van der Waals surface area contributed by atoms with E-state index in [0.717, 1.165) is 11.1 Å². The number of hydrogen-bond acceptors (Lipinski definition) is 4. The normalized spacial score (nSPS) is 19.6. The highest BCUT2D eigenvalue weighted by Gasteiger charge is 2.36. The van der Waals surface area contributed by atoms with Crippen LogP contribution in [0.2, 0.25) is 0 Å². The number of carbonyl (C=O) groups excluding carboxylic acids is 1. The Hall–Kier alpha value is -3.51. The number of rotatable bonds is 6. The van der Waals surface area contributed by atoms with Crippen LogP contribution >= 0.6 is 0 Å². The van der Waals surface area contributed by atoms with Crippen LogP contribution in [-0.2, 0) is 19.1 Å². The predicted molar refractivity (Wildman–Crippen MR) is 107 cm³/mol. The standard InChI is InChI=1S/C23H20O6/c24-19-11-12-20(29-21(22(25)26)23(27)28)18(14-16-9-5-2-6-10-16)17(19)13-15-7-3-1-4-8-15/h1-10,13-14,20-21H,11-12H2,(H,25,26)(H,27,28). The van der Waals surface area contributed by atoms with Crippen LogP contribution in [0.3, 0.4) is 0 Å². The molecule has 1 unspecified atom stereocenters. The number of carbonyl (C=O) groups is 3. The lowest BCUT2D eigenvalue weighted by Gasteiger charge is -2.28. The van der Waals surface area contributed by atoms with Gasteiger partial charge in [0.25, 0.3) is 6.10 Å². The Morgan fingerprint density at radius 2 is 1.41 bits per heavy atom. The van der Waals surface area contributed by atoms with Crippen LogP contribution in [0.4, 0.5) is 0 Å². The molecule has 6 heteroatoms. The van der Waals surface area contributed by atoms with E-state index in [9.17, 15) is 24.6 Å². The largest absolute Gasteiger partial charge is 0.479 e. The van der Waals surface area contributed by atoms with Crippen LogP contribution in [0, 0.1) is 0 Å². The van der Waals surface area contributed by atoms with Crippen LogP contribution in [0.25, 0.3) is 12.2 Å². The fourth-order valence-electron chi connectivity index (χ4n) is 3.19. The fourth-order valence-corrected chi connectivity index (χ4v) is 3.19. The predicted octanol–water partition coefficient (Wildman–Crippen LogP) is 3.44. The number of aliphatic carboxylic acids is 2. The Balaban J connectivity index is 2.07. The summed E-state index contributed by atoms with van der Waals surface area (Å²) in [5, 5.41) is 18.4. The molecule has 1 fully saturated rings. The van der Waals surface area contributed by atoms with Gasteiger partial charge in [0, 0.05) is 12.0 Å². The summed E-state index contributed by atoms with van der Waals surface area (Å²) in [4.78, 5) is 35.3. The third-order valence-electron chi connectivity index (χ3n) is 4.57. The highest BCUT2D eigenvalue weighted by atomic mass is 16.5. The Kier molecular flexibility index (Phi) is 6.36. The van der Waals surface area contributed by atoms with Crippen molar-refractivity contribution < 1.29 is 29.3 Å². The summed E-state index contributed by atoms with van der Waals surface area (Å²) < 4.78 is 5.45. The third kappa shape index (κ3) is 5.06. The van der Waals surface area contributed by atoms with Gasteiger partial charge in [-0.1, -0.05) is 60.7 Å². The van der Waals surface area contributed by atoms with E-state index in [1.807, 2.05) is 60.7 Å². The van der Waals surface area contributed by atoms with Crippen LogP contribution in [0.1, 0.15) is 24.0 Å². The average Bonchev–Trinajstić information content (AvgIpc) is 2.71.